The first-order valence-electron chi connectivity index (χ1n) is 8.53. The van der Waals surface area contributed by atoms with Crippen LogP contribution in [0.25, 0.3) is 0 Å². The van der Waals surface area contributed by atoms with Gasteiger partial charge in [0.15, 0.2) is 0 Å². The first-order valence-corrected chi connectivity index (χ1v) is 8.91. The zero-order chi connectivity index (χ0) is 18.4. The van der Waals surface area contributed by atoms with E-state index in [9.17, 15) is 9.18 Å². The minimum absolute atomic E-state index is 0.0503. The number of benzene rings is 1. The van der Waals surface area contributed by atoms with Gasteiger partial charge in [0.05, 0.1) is 22.3 Å². The summed E-state index contributed by atoms with van der Waals surface area (Å²) < 4.78 is 15.1. The molecule has 1 aromatic carbocycles. The van der Waals surface area contributed by atoms with Gasteiger partial charge in [0.25, 0.3) is 5.91 Å². The molecule has 6 heteroatoms. The molecule has 0 aliphatic heterocycles. The van der Waals surface area contributed by atoms with Crippen LogP contribution in [-0.4, -0.2) is 15.7 Å². The number of carbonyl (C=O) groups excluding carboxylic acids is 1. The molecule has 0 spiro atoms. The molecule has 1 saturated carbocycles. The van der Waals surface area contributed by atoms with Crippen LogP contribution in [0.4, 0.5) is 4.39 Å². The van der Waals surface area contributed by atoms with E-state index in [1.807, 2.05) is 33.8 Å². The van der Waals surface area contributed by atoms with Crippen LogP contribution < -0.4 is 5.32 Å². The van der Waals surface area contributed by atoms with Crippen LogP contribution in [0, 0.1) is 5.82 Å². The molecule has 134 valence electrons. The molecule has 1 aliphatic carbocycles. The van der Waals surface area contributed by atoms with Crippen molar-refractivity contribution in [1.29, 1.82) is 0 Å². The number of aromatic nitrogens is 2. The molecule has 0 bridgehead atoms. The minimum Gasteiger partial charge on any atom is -0.344 e. The zero-order valence-electron chi connectivity index (χ0n) is 14.9. The Bertz CT molecular complexity index is 805. The largest absolute Gasteiger partial charge is 0.344 e. The second kappa shape index (κ2) is 6.45. The maximum atomic E-state index is 13.3. The number of hydrogen-bond donors (Lipinski definition) is 1. The van der Waals surface area contributed by atoms with Crippen molar-refractivity contribution in [3.05, 3.63) is 52.1 Å². The summed E-state index contributed by atoms with van der Waals surface area (Å²) in [4.78, 5) is 12.8. The highest BCUT2D eigenvalue weighted by Gasteiger charge is 2.31. The van der Waals surface area contributed by atoms with Crippen LogP contribution in [0.1, 0.15) is 74.2 Å². The molecule has 0 radical (unpaired) electrons. The molecule has 1 atom stereocenters. The third-order valence-corrected chi connectivity index (χ3v) is 4.67. The molecule has 25 heavy (non-hydrogen) atoms. The Morgan fingerprint density at radius 2 is 2.04 bits per heavy atom. The minimum atomic E-state index is -0.469. The molecule has 0 saturated heterocycles. The van der Waals surface area contributed by atoms with Crippen molar-refractivity contribution in [1.82, 2.24) is 15.1 Å². The first-order chi connectivity index (χ1) is 11.7. The molecule has 1 heterocycles. The van der Waals surface area contributed by atoms with Crippen molar-refractivity contribution in [2.45, 2.75) is 58.0 Å². The molecular weight excluding hydrogens is 341 g/mol. The smallest absolute Gasteiger partial charge is 0.270 e. The van der Waals surface area contributed by atoms with Gasteiger partial charge in [0, 0.05) is 5.92 Å². The van der Waals surface area contributed by atoms with E-state index in [0.717, 1.165) is 24.1 Å². The van der Waals surface area contributed by atoms with Gasteiger partial charge in [0.2, 0.25) is 0 Å². The summed E-state index contributed by atoms with van der Waals surface area (Å²) in [5.41, 5.74) is 2.00. The van der Waals surface area contributed by atoms with E-state index in [4.69, 9.17) is 11.6 Å². The number of hydrogen-bond acceptors (Lipinski definition) is 2. The monoisotopic (exact) mass is 363 g/mol. The van der Waals surface area contributed by atoms with Gasteiger partial charge >= 0.3 is 0 Å². The summed E-state index contributed by atoms with van der Waals surface area (Å²) in [5, 5.41) is 7.67. The van der Waals surface area contributed by atoms with Gasteiger partial charge in [-0.25, -0.2) is 4.39 Å². The molecule has 1 N–H and O–H groups in total. The van der Waals surface area contributed by atoms with E-state index in [0.29, 0.717) is 11.6 Å². The van der Waals surface area contributed by atoms with Crippen LogP contribution in [0.3, 0.4) is 0 Å². The Balaban J connectivity index is 1.83. The predicted octanol–water partition coefficient (Wildman–Crippen LogP) is 4.80. The SMILES string of the molecule is CC(NC(=O)c1cc(C2CC2)nn1C(C)(C)C)c1ccc(F)c(Cl)c1. The van der Waals surface area contributed by atoms with Crippen LogP contribution in [0.5, 0.6) is 0 Å². The van der Waals surface area contributed by atoms with Crippen LogP contribution >= 0.6 is 11.6 Å². The first kappa shape index (κ1) is 17.9. The van der Waals surface area contributed by atoms with Gasteiger partial charge in [-0.05, 0) is 64.3 Å². The van der Waals surface area contributed by atoms with Gasteiger partial charge in [0.1, 0.15) is 11.5 Å². The third-order valence-electron chi connectivity index (χ3n) is 4.38. The summed E-state index contributed by atoms with van der Waals surface area (Å²) in [5.74, 6) is -0.186. The Morgan fingerprint density at radius 3 is 2.60 bits per heavy atom. The van der Waals surface area contributed by atoms with Gasteiger partial charge in [-0.2, -0.15) is 5.10 Å². The molecule has 1 aromatic heterocycles. The maximum Gasteiger partial charge on any atom is 0.270 e. The van der Waals surface area contributed by atoms with Crippen molar-refractivity contribution in [3.63, 3.8) is 0 Å². The second-order valence-electron chi connectivity index (χ2n) is 7.68. The molecule has 4 nitrogen and oxygen atoms in total. The van der Waals surface area contributed by atoms with Gasteiger partial charge < -0.3 is 5.32 Å². The quantitative estimate of drug-likeness (QED) is 0.848. The number of nitrogens with zero attached hydrogens (tertiary/aromatic N) is 2. The highest BCUT2D eigenvalue weighted by molar-refractivity contribution is 6.30. The number of rotatable bonds is 4. The highest BCUT2D eigenvalue weighted by Crippen LogP contribution is 2.40. The van der Waals surface area contributed by atoms with E-state index in [1.165, 1.54) is 6.07 Å². The fraction of sp³-hybridized carbons (Fsp3) is 0.474. The summed E-state index contributed by atoms with van der Waals surface area (Å²) in [6, 6.07) is 6.08. The fourth-order valence-electron chi connectivity index (χ4n) is 2.79. The number of carbonyl (C=O) groups is 1. The Morgan fingerprint density at radius 1 is 1.36 bits per heavy atom. The van der Waals surface area contributed by atoms with E-state index < -0.39 is 5.82 Å². The average molecular weight is 364 g/mol. The molecular formula is C19H23ClFN3O. The second-order valence-corrected chi connectivity index (χ2v) is 8.09. The van der Waals surface area contributed by atoms with E-state index in [-0.39, 0.29) is 22.5 Å². The molecule has 2 aromatic rings. The lowest BCUT2D eigenvalue weighted by molar-refractivity contribution is 0.0921. The van der Waals surface area contributed by atoms with E-state index in [2.05, 4.69) is 10.4 Å². The van der Waals surface area contributed by atoms with E-state index >= 15 is 0 Å². The lowest BCUT2D eigenvalue weighted by Gasteiger charge is -2.23. The molecule has 1 unspecified atom stereocenters. The summed E-state index contributed by atoms with van der Waals surface area (Å²) in [6.07, 6.45) is 2.26. The summed E-state index contributed by atoms with van der Waals surface area (Å²) >= 11 is 5.84. The van der Waals surface area contributed by atoms with Gasteiger partial charge in [-0.15, -0.1) is 0 Å². The van der Waals surface area contributed by atoms with Crippen molar-refractivity contribution in [2.75, 3.05) is 0 Å². The van der Waals surface area contributed by atoms with Crippen LogP contribution in [0.2, 0.25) is 5.02 Å². The number of nitrogens with one attached hydrogen (secondary N) is 1. The van der Waals surface area contributed by atoms with Crippen LogP contribution in [0.15, 0.2) is 24.3 Å². The van der Waals surface area contributed by atoms with E-state index in [1.54, 1.807) is 16.8 Å². The maximum absolute atomic E-state index is 13.3. The standard InChI is InChI=1S/C19H23ClFN3O/c1-11(13-7-8-15(21)14(20)9-13)22-18(25)17-10-16(12-5-6-12)23-24(17)19(2,3)4/h7-12H,5-6H2,1-4H3,(H,22,25). The Labute approximate surface area is 152 Å². The van der Waals surface area contributed by atoms with Crippen molar-refractivity contribution >= 4 is 17.5 Å². The summed E-state index contributed by atoms with van der Waals surface area (Å²) in [6.45, 7) is 7.92. The lowest BCUT2D eigenvalue weighted by Crippen LogP contribution is -2.33. The predicted molar refractivity (Wildman–Crippen MR) is 96.5 cm³/mol. The molecule has 3 rings (SSSR count). The Kier molecular flexibility index (Phi) is 4.62. The van der Waals surface area contributed by atoms with Gasteiger partial charge in [-0.1, -0.05) is 17.7 Å². The van der Waals surface area contributed by atoms with Crippen molar-refractivity contribution in [2.24, 2.45) is 0 Å². The normalized spacial score (nSPS) is 15.9. The molecule has 1 fully saturated rings. The lowest BCUT2D eigenvalue weighted by atomic mass is 10.1. The highest BCUT2D eigenvalue weighted by atomic mass is 35.5. The summed E-state index contributed by atoms with van der Waals surface area (Å²) in [7, 11) is 0. The number of halogens is 2. The molecule has 1 amide bonds. The fourth-order valence-corrected chi connectivity index (χ4v) is 2.98. The average Bonchev–Trinajstić information content (AvgIpc) is 3.26. The third kappa shape index (κ3) is 3.87. The van der Waals surface area contributed by atoms with Gasteiger partial charge in [-0.3, -0.25) is 9.48 Å². The molecule has 1 aliphatic rings. The van der Waals surface area contributed by atoms with Crippen molar-refractivity contribution in [3.8, 4) is 0 Å². The Hall–Kier alpha value is -1.88. The van der Waals surface area contributed by atoms with Crippen LogP contribution in [-0.2, 0) is 5.54 Å². The topological polar surface area (TPSA) is 46.9 Å². The van der Waals surface area contributed by atoms with Crippen molar-refractivity contribution < 1.29 is 9.18 Å². The number of amides is 1. The zero-order valence-corrected chi connectivity index (χ0v) is 15.7.